The predicted molar refractivity (Wildman–Crippen MR) is 113 cm³/mol. The van der Waals surface area contributed by atoms with Crippen LogP contribution in [0.25, 0.3) is 11.1 Å². The molecule has 1 heterocycles. The maximum absolute atomic E-state index is 12.0. The van der Waals surface area contributed by atoms with Gasteiger partial charge in [0.15, 0.2) is 0 Å². The number of hydrogen-bond acceptors (Lipinski definition) is 6. The van der Waals surface area contributed by atoms with E-state index in [0.29, 0.717) is 29.3 Å². The number of carboxylic acids is 1. The molecule has 2 N–H and O–H groups in total. The average molecular weight is 428 g/mol. The fourth-order valence-corrected chi connectivity index (χ4v) is 3.53. The van der Waals surface area contributed by atoms with Gasteiger partial charge in [-0.2, -0.15) is 0 Å². The Balaban J connectivity index is 2.05. The van der Waals surface area contributed by atoms with E-state index in [2.05, 4.69) is 4.98 Å². The van der Waals surface area contributed by atoms with Gasteiger partial charge in [-0.1, -0.05) is 19.1 Å². The molecule has 0 fully saturated rings. The van der Waals surface area contributed by atoms with Crippen LogP contribution in [-0.2, 0) is 10.9 Å². The molecule has 0 saturated carbocycles. The van der Waals surface area contributed by atoms with Crippen molar-refractivity contribution in [2.45, 2.75) is 13.3 Å². The number of pyridine rings is 1. The van der Waals surface area contributed by atoms with Gasteiger partial charge in [-0.3, -0.25) is 0 Å². The summed E-state index contributed by atoms with van der Waals surface area (Å²) in [5.74, 6) is -1.39. The monoisotopic (exact) mass is 428 g/mol. The van der Waals surface area contributed by atoms with E-state index in [1.165, 1.54) is 6.07 Å². The van der Waals surface area contributed by atoms with Crippen molar-refractivity contribution in [3.05, 3.63) is 66.4 Å². The molecule has 0 radical (unpaired) electrons. The third-order valence-electron chi connectivity index (χ3n) is 4.24. The Kier molecular flexibility index (Phi) is 6.53. The molecule has 0 amide bonds. The van der Waals surface area contributed by atoms with E-state index >= 15 is 0 Å². The highest BCUT2D eigenvalue weighted by atomic mass is 32.2. The number of aromatic nitrogens is 1. The first-order chi connectivity index (χ1) is 14.4. The number of carbonyl (C=O) groups is 1. The molecule has 0 aliphatic carbocycles. The quantitative estimate of drug-likeness (QED) is 0.469. The zero-order chi connectivity index (χ0) is 21.7. The van der Waals surface area contributed by atoms with Crippen LogP contribution in [0.15, 0.2) is 60.8 Å². The summed E-state index contributed by atoms with van der Waals surface area (Å²) in [5, 5.41) is 19.0. The fourth-order valence-electron chi connectivity index (χ4n) is 2.90. The van der Waals surface area contributed by atoms with Crippen LogP contribution in [0.2, 0.25) is 0 Å². The molecule has 0 spiro atoms. The number of aromatic carboxylic acids is 1. The van der Waals surface area contributed by atoms with Crippen molar-refractivity contribution < 1.29 is 28.2 Å². The van der Waals surface area contributed by atoms with E-state index in [1.807, 2.05) is 13.0 Å². The van der Waals surface area contributed by atoms with Gasteiger partial charge in [0, 0.05) is 17.8 Å². The summed E-state index contributed by atoms with van der Waals surface area (Å²) in [4.78, 5) is 15.4. The Morgan fingerprint density at radius 2 is 1.87 bits per heavy atom. The summed E-state index contributed by atoms with van der Waals surface area (Å²) in [6.07, 6.45) is 2.43. The van der Waals surface area contributed by atoms with E-state index in [-0.39, 0.29) is 11.3 Å². The van der Waals surface area contributed by atoms with Gasteiger partial charge in [0.2, 0.25) is 16.8 Å². The molecule has 8 nitrogen and oxygen atoms in total. The van der Waals surface area contributed by atoms with Crippen molar-refractivity contribution in [3.8, 4) is 22.8 Å². The van der Waals surface area contributed by atoms with Crippen LogP contribution in [0.5, 0.6) is 11.6 Å². The Morgan fingerprint density at radius 3 is 2.53 bits per heavy atom. The van der Waals surface area contributed by atoms with Crippen LogP contribution < -0.4 is 9.04 Å². The molecule has 2 aromatic carbocycles. The number of carboxylic acid groups (broad SMARTS) is 1. The minimum atomic E-state index is -3.12. The fraction of sp³-hybridized carbons (Fsp3) is 0.143. The highest BCUT2D eigenvalue weighted by Gasteiger charge is 2.17. The van der Waals surface area contributed by atoms with Crippen LogP contribution in [0.3, 0.4) is 0 Å². The van der Waals surface area contributed by atoms with Gasteiger partial charge >= 0.3 is 5.97 Å². The molecule has 3 rings (SSSR count). The van der Waals surface area contributed by atoms with Crippen molar-refractivity contribution in [1.29, 1.82) is 0 Å². The first-order valence-corrected chi connectivity index (χ1v) is 10.2. The van der Waals surface area contributed by atoms with Crippen LogP contribution in [0.1, 0.15) is 23.7 Å². The predicted octanol–water partition coefficient (Wildman–Crippen LogP) is 3.61. The molecule has 0 atom stereocenters. The highest BCUT2D eigenvalue weighted by molar-refractivity contribution is 7.74. The van der Waals surface area contributed by atoms with E-state index in [4.69, 9.17) is 9.84 Å². The topological polar surface area (TPSA) is 117 Å². The van der Waals surface area contributed by atoms with Crippen molar-refractivity contribution in [2.24, 2.45) is 0 Å². The third-order valence-corrected chi connectivity index (χ3v) is 5.02. The zero-order valence-electron chi connectivity index (χ0n) is 16.1. The second kappa shape index (κ2) is 9.27. The lowest BCUT2D eigenvalue weighted by molar-refractivity contribution is 0.0693. The highest BCUT2D eigenvalue weighted by Crippen LogP contribution is 2.34. The lowest BCUT2D eigenvalue weighted by atomic mass is 10.1. The molecule has 156 valence electrons. The van der Waals surface area contributed by atoms with Gasteiger partial charge in [0.25, 0.3) is 0 Å². The number of nitrogens with zero attached hydrogens (tertiary/aromatic N) is 2. The van der Waals surface area contributed by atoms with Gasteiger partial charge in [0.1, 0.15) is 11.3 Å². The molecule has 30 heavy (non-hydrogen) atoms. The van der Waals surface area contributed by atoms with Crippen molar-refractivity contribution in [1.82, 2.24) is 4.98 Å². The number of hydrogen-bond donors (Lipinski definition) is 3. The number of benzene rings is 2. The molecule has 1 aromatic heterocycles. The first-order valence-electron chi connectivity index (χ1n) is 9.11. The van der Waals surface area contributed by atoms with Gasteiger partial charge in [-0.25, -0.2) is 22.5 Å². The Hall–Kier alpha value is -3.59. The normalized spacial score (nSPS) is 10.7. The largest absolute Gasteiger partial charge is 0.507 e. The number of rotatable bonds is 8. The van der Waals surface area contributed by atoms with E-state index < -0.39 is 22.6 Å². The van der Waals surface area contributed by atoms with Crippen LogP contribution in [0, 0.1) is 0 Å². The summed E-state index contributed by atoms with van der Waals surface area (Å²) < 4.78 is 30.7. The number of phenols is 1. The second-order valence-electron chi connectivity index (χ2n) is 6.31. The zero-order valence-corrected chi connectivity index (χ0v) is 17.0. The van der Waals surface area contributed by atoms with Crippen LogP contribution in [-0.4, -0.2) is 36.2 Å². The van der Waals surface area contributed by atoms with Crippen LogP contribution in [0.4, 0.5) is 11.4 Å². The molecular formula is C21H20N2O6S. The standard InChI is InChI=1S/C21H20N2O6S/c1-2-11-29-20-17(7-4-10-22-20)14-5-3-6-15(12-14)23(30(27)28)16-8-9-18(21(25)26)19(24)13-16/h3-10,12-13,24,30H,2,11H2,1H3,(H,25,26). The molecule has 0 aliphatic rings. The summed E-state index contributed by atoms with van der Waals surface area (Å²) >= 11 is 0. The molecule has 0 saturated heterocycles. The maximum atomic E-state index is 12.0. The maximum Gasteiger partial charge on any atom is 0.339 e. The van der Waals surface area contributed by atoms with Crippen LogP contribution >= 0.6 is 0 Å². The summed E-state index contributed by atoms with van der Waals surface area (Å²) in [7, 11) is -3.12. The first kappa shape index (κ1) is 21.1. The molecule has 9 heteroatoms. The average Bonchev–Trinajstić information content (AvgIpc) is 2.72. The number of thiol groups is 1. The smallest absolute Gasteiger partial charge is 0.339 e. The number of anilines is 2. The summed E-state index contributed by atoms with van der Waals surface area (Å²) in [5.41, 5.74) is 1.51. The van der Waals surface area contributed by atoms with Crippen molar-refractivity contribution >= 4 is 28.2 Å². The molecule has 0 unspecified atom stereocenters. The van der Waals surface area contributed by atoms with Gasteiger partial charge in [-0.05, 0) is 48.4 Å². The van der Waals surface area contributed by atoms with E-state index in [1.54, 1.807) is 36.5 Å². The minimum Gasteiger partial charge on any atom is -0.507 e. The summed E-state index contributed by atoms with van der Waals surface area (Å²) in [6, 6.07) is 13.9. The summed E-state index contributed by atoms with van der Waals surface area (Å²) in [6.45, 7) is 2.48. The third kappa shape index (κ3) is 4.52. The Bertz CT molecular complexity index is 1140. The molecule has 0 bridgehead atoms. The minimum absolute atomic E-state index is 0.111. The molecule has 0 aliphatic heterocycles. The second-order valence-corrected chi connectivity index (χ2v) is 7.19. The SMILES string of the molecule is CCCOc1ncccc1-c1cccc(N(c2ccc(C(=O)O)c(O)c2)[SH](=O)=O)c1. The Morgan fingerprint density at radius 1 is 1.10 bits per heavy atom. The molecular weight excluding hydrogens is 408 g/mol. The van der Waals surface area contributed by atoms with Crippen molar-refractivity contribution in [3.63, 3.8) is 0 Å². The van der Waals surface area contributed by atoms with Gasteiger partial charge < -0.3 is 14.9 Å². The number of ether oxygens (including phenoxy) is 1. The number of aromatic hydroxyl groups is 1. The van der Waals surface area contributed by atoms with Gasteiger partial charge in [-0.15, -0.1) is 0 Å². The van der Waals surface area contributed by atoms with Crippen molar-refractivity contribution in [2.75, 3.05) is 10.9 Å². The van der Waals surface area contributed by atoms with Gasteiger partial charge in [0.05, 0.1) is 18.0 Å². The lowest BCUT2D eigenvalue weighted by Gasteiger charge is -2.19. The lowest BCUT2D eigenvalue weighted by Crippen LogP contribution is -2.14. The van der Waals surface area contributed by atoms with E-state index in [0.717, 1.165) is 22.9 Å². The van der Waals surface area contributed by atoms with E-state index in [9.17, 15) is 18.3 Å². The Labute approximate surface area is 175 Å². The molecule has 3 aromatic rings.